The van der Waals surface area contributed by atoms with Crippen molar-refractivity contribution in [2.75, 3.05) is 6.54 Å². The lowest BCUT2D eigenvalue weighted by molar-refractivity contribution is 0.617. The van der Waals surface area contributed by atoms with Crippen molar-refractivity contribution in [3.63, 3.8) is 0 Å². The van der Waals surface area contributed by atoms with Crippen molar-refractivity contribution in [2.45, 2.75) is 24.3 Å². The van der Waals surface area contributed by atoms with E-state index in [2.05, 4.69) is 6.92 Å². The number of hydrogen-bond acceptors (Lipinski definition) is 2. The monoisotopic (exact) mass is 247 g/mol. The van der Waals surface area contributed by atoms with Gasteiger partial charge in [-0.2, -0.15) is 11.8 Å². The van der Waals surface area contributed by atoms with Crippen LogP contribution < -0.4 is 5.73 Å². The lowest BCUT2D eigenvalue weighted by Gasteiger charge is -2.10. The van der Waals surface area contributed by atoms with Crippen LogP contribution in [0, 0.1) is 5.82 Å². The Morgan fingerprint density at radius 2 is 2.27 bits per heavy atom. The van der Waals surface area contributed by atoms with Gasteiger partial charge in [0, 0.05) is 16.0 Å². The van der Waals surface area contributed by atoms with E-state index in [-0.39, 0.29) is 5.82 Å². The van der Waals surface area contributed by atoms with Gasteiger partial charge in [0.1, 0.15) is 5.82 Å². The highest BCUT2D eigenvalue weighted by Gasteiger charge is 2.06. The summed E-state index contributed by atoms with van der Waals surface area (Å²) in [5.74, 6) is 0.458. The predicted molar refractivity (Wildman–Crippen MR) is 65.8 cm³/mol. The smallest absolute Gasteiger partial charge is 0.127 e. The van der Waals surface area contributed by atoms with Gasteiger partial charge in [0.15, 0.2) is 0 Å². The van der Waals surface area contributed by atoms with Crippen molar-refractivity contribution in [2.24, 2.45) is 5.73 Å². The van der Waals surface area contributed by atoms with Crippen molar-refractivity contribution in [1.29, 1.82) is 0 Å². The summed E-state index contributed by atoms with van der Waals surface area (Å²) >= 11 is 7.50. The Labute approximate surface area is 99.2 Å². The molecule has 2 N–H and O–H groups in total. The fourth-order valence-electron chi connectivity index (χ4n) is 1.20. The van der Waals surface area contributed by atoms with Gasteiger partial charge in [-0.1, -0.05) is 18.5 Å². The second-order valence-electron chi connectivity index (χ2n) is 3.43. The summed E-state index contributed by atoms with van der Waals surface area (Å²) < 4.78 is 13.3. The molecule has 84 valence electrons. The van der Waals surface area contributed by atoms with E-state index in [9.17, 15) is 4.39 Å². The second-order valence-corrected chi connectivity index (χ2v) is 5.30. The topological polar surface area (TPSA) is 26.0 Å². The number of halogens is 2. The molecular formula is C11H15ClFNS. The third-order valence-electron chi connectivity index (χ3n) is 2.10. The zero-order valence-electron chi connectivity index (χ0n) is 8.67. The molecule has 0 spiro atoms. The van der Waals surface area contributed by atoms with Crippen LogP contribution in [0.5, 0.6) is 0 Å². The quantitative estimate of drug-likeness (QED) is 0.863. The van der Waals surface area contributed by atoms with Crippen LogP contribution in [0.25, 0.3) is 0 Å². The molecule has 4 heteroatoms. The van der Waals surface area contributed by atoms with Gasteiger partial charge in [0.25, 0.3) is 0 Å². The maximum atomic E-state index is 13.3. The van der Waals surface area contributed by atoms with Crippen molar-refractivity contribution < 1.29 is 4.39 Å². The van der Waals surface area contributed by atoms with Gasteiger partial charge in [-0.05, 0) is 36.7 Å². The van der Waals surface area contributed by atoms with Crippen LogP contribution in [0.4, 0.5) is 4.39 Å². The van der Waals surface area contributed by atoms with Crippen molar-refractivity contribution in [3.8, 4) is 0 Å². The average Bonchev–Trinajstić information content (AvgIpc) is 2.20. The first-order valence-electron chi connectivity index (χ1n) is 4.89. The molecular weight excluding hydrogens is 233 g/mol. The third kappa shape index (κ3) is 4.41. The van der Waals surface area contributed by atoms with Gasteiger partial charge < -0.3 is 5.73 Å². The molecule has 0 amide bonds. The van der Waals surface area contributed by atoms with Crippen LogP contribution >= 0.6 is 23.4 Å². The molecule has 1 aromatic rings. The number of rotatable bonds is 5. The highest BCUT2D eigenvalue weighted by atomic mass is 35.5. The Kier molecular flexibility index (Phi) is 5.43. The molecule has 0 heterocycles. The summed E-state index contributed by atoms with van der Waals surface area (Å²) in [5.41, 5.74) is 6.11. The Bertz CT molecular complexity index is 319. The van der Waals surface area contributed by atoms with Gasteiger partial charge in [-0.25, -0.2) is 4.39 Å². The van der Waals surface area contributed by atoms with Crippen molar-refractivity contribution in [1.82, 2.24) is 0 Å². The highest BCUT2D eigenvalue weighted by Crippen LogP contribution is 2.23. The van der Waals surface area contributed by atoms with Gasteiger partial charge >= 0.3 is 0 Å². The van der Waals surface area contributed by atoms with E-state index in [1.165, 1.54) is 6.07 Å². The van der Waals surface area contributed by atoms with Crippen molar-refractivity contribution in [3.05, 3.63) is 34.6 Å². The van der Waals surface area contributed by atoms with Crippen LogP contribution in [-0.4, -0.2) is 11.8 Å². The standard InChI is InChI=1S/C11H15ClFNS/c1-8(4-5-14)15-7-9-6-10(12)2-3-11(9)13/h2-3,6,8H,4-5,7,14H2,1H3. The van der Waals surface area contributed by atoms with E-state index in [0.717, 1.165) is 6.42 Å². The van der Waals surface area contributed by atoms with Gasteiger partial charge in [-0.3, -0.25) is 0 Å². The maximum absolute atomic E-state index is 13.3. The summed E-state index contributed by atoms with van der Waals surface area (Å²) in [6, 6.07) is 4.65. The number of nitrogens with two attached hydrogens (primary N) is 1. The van der Waals surface area contributed by atoms with E-state index in [1.807, 2.05) is 0 Å². The summed E-state index contributed by atoms with van der Waals surface area (Å²) in [6.07, 6.45) is 0.951. The van der Waals surface area contributed by atoms with Gasteiger partial charge in [0.05, 0.1) is 0 Å². The van der Waals surface area contributed by atoms with E-state index < -0.39 is 0 Å². The van der Waals surface area contributed by atoms with E-state index in [4.69, 9.17) is 17.3 Å². The molecule has 0 bridgehead atoms. The first kappa shape index (κ1) is 12.8. The molecule has 0 radical (unpaired) electrons. The molecule has 1 atom stereocenters. The molecule has 0 fully saturated rings. The molecule has 0 aromatic heterocycles. The van der Waals surface area contributed by atoms with Crippen LogP contribution in [0.3, 0.4) is 0 Å². The molecule has 0 aliphatic heterocycles. The van der Waals surface area contributed by atoms with E-state index in [0.29, 0.717) is 28.1 Å². The highest BCUT2D eigenvalue weighted by molar-refractivity contribution is 7.99. The van der Waals surface area contributed by atoms with E-state index >= 15 is 0 Å². The number of benzene rings is 1. The first-order valence-corrected chi connectivity index (χ1v) is 6.31. The molecule has 0 saturated carbocycles. The average molecular weight is 248 g/mol. The van der Waals surface area contributed by atoms with Gasteiger partial charge in [0.2, 0.25) is 0 Å². The minimum Gasteiger partial charge on any atom is -0.330 e. The maximum Gasteiger partial charge on any atom is 0.127 e. The van der Waals surface area contributed by atoms with Gasteiger partial charge in [-0.15, -0.1) is 0 Å². The van der Waals surface area contributed by atoms with Crippen molar-refractivity contribution >= 4 is 23.4 Å². The largest absolute Gasteiger partial charge is 0.330 e. The zero-order chi connectivity index (χ0) is 11.3. The molecule has 1 rings (SSSR count). The van der Waals surface area contributed by atoms with Crippen LogP contribution in [-0.2, 0) is 5.75 Å². The fourth-order valence-corrected chi connectivity index (χ4v) is 2.39. The Balaban J connectivity index is 2.53. The Morgan fingerprint density at radius 3 is 2.93 bits per heavy atom. The Hall–Kier alpha value is -0.250. The molecule has 15 heavy (non-hydrogen) atoms. The molecule has 0 aliphatic rings. The van der Waals surface area contributed by atoms with E-state index in [1.54, 1.807) is 23.9 Å². The summed E-state index contributed by atoms with van der Waals surface area (Å²) in [6.45, 7) is 2.77. The van der Waals surface area contributed by atoms with Crippen LogP contribution in [0.15, 0.2) is 18.2 Å². The SMILES string of the molecule is CC(CCN)SCc1cc(Cl)ccc1F. The fraction of sp³-hybridized carbons (Fsp3) is 0.455. The summed E-state index contributed by atoms with van der Waals surface area (Å²) in [4.78, 5) is 0. The van der Waals surface area contributed by atoms with Crippen LogP contribution in [0.1, 0.15) is 18.9 Å². The minimum absolute atomic E-state index is 0.188. The molecule has 1 nitrogen and oxygen atoms in total. The number of thioether (sulfide) groups is 1. The Morgan fingerprint density at radius 1 is 1.53 bits per heavy atom. The lowest BCUT2D eigenvalue weighted by Crippen LogP contribution is -2.07. The first-order chi connectivity index (χ1) is 7.13. The minimum atomic E-state index is -0.188. The normalized spacial score (nSPS) is 12.8. The predicted octanol–water partition coefficient (Wildman–Crippen LogP) is 3.45. The summed E-state index contributed by atoms with van der Waals surface area (Å²) in [7, 11) is 0. The van der Waals surface area contributed by atoms with Crippen LogP contribution in [0.2, 0.25) is 5.02 Å². The molecule has 1 unspecified atom stereocenters. The third-order valence-corrected chi connectivity index (χ3v) is 3.62. The molecule has 1 aromatic carbocycles. The number of hydrogen-bond donors (Lipinski definition) is 1. The summed E-state index contributed by atoms with van der Waals surface area (Å²) in [5, 5.41) is 1.03. The second kappa shape index (κ2) is 6.36. The zero-order valence-corrected chi connectivity index (χ0v) is 10.2. The lowest BCUT2D eigenvalue weighted by atomic mass is 10.2. The molecule has 0 aliphatic carbocycles. The molecule has 0 saturated heterocycles.